The quantitative estimate of drug-likeness (QED) is 0.594. The second-order valence-corrected chi connectivity index (χ2v) is 7.90. The lowest BCUT2D eigenvalue weighted by molar-refractivity contribution is -0.142. The van der Waals surface area contributed by atoms with Crippen LogP contribution in [0.1, 0.15) is 44.6 Å². The van der Waals surface area contributed by atoms with Crippen LogP contribution in [-0.2, 0) is 25.6 Å². The molecule has 3 rings (SSSR count). The lowest BCUT2D eigenvalue weighted by Crippen LogP contribution is -2.22. The van der Waals surface area contributed by atoms with Crippen molar-refractivity contribution < 1.29 is 28.9 Å². The predicted octanol–water partition coefficient (Wildman–Crippen LogP) is 3.72. The molecular weight excluding hydrogens is 386 g/mol. The third-order valence-electron chi connectivity index (χ3n) is 5.51. The van der Waals surface area contributed by atoms with Crippen LogP contribution in [0.5, 0.6) is 0 Å². The van der Waals surface area contributed by atoms with Gasteiger partial charge >= 0.3 is 12.1 Å². The van der Waals surface area contributed by atoms with Crippen molar-refractivity contribution in [3.8, 4) is 0 Å². The highest BCUT2D eigenvalue weighted by atomic mass is 16.7. The van der Waals surface area contributed by atoms with E-state index in [-0.39, 0.29) is 30.7 Å². The Labute approximate surface area is 176 Å². The number of aromatic nitrogens is 1. The summed E-state index contributed by atoms with van der Waals surface area (Å²) in [6.07, 6.45) is 11.8. The molecule has 1 fully saturated rings. The third-order valence-corrected chi connectivity index (χ3v) is 5.51. The molecule has 0 amide bonds. The Kier molecular flexibility index (Phi) is 8.02. The Hall–Kier alpha value is -2.67. The van der Waals surface area contributed by atoms with Gasteiger partial charge in [-0.2, -0.15) is 0 Å². The smallest absolute Gasteiger partial charge is 0.460 e. The summed E-state index contributed by atoms with van der Waals surface area (Å²) in [7, 11) is 0. The maximum Gasteiger partial charge on any atom is 0.508 e. The number of pyridine rings is 1. The number of aliphatic hydroxyl groups is 1. The highest BCUT2D eigenvalue weighted by Gasteiger charge is 2.38. The summed E-state index contributed by atoms with van der Waals surface area (Å²) in [5.41, 5.74) is 0.780. The fourth-order valence-corrected chi connectivity index (χ4v) is 3.97. The molecule has 7 nitrogen and oxygen atoms in total. The summed E-state index contributed by atoms with van der Waals surface area (Å²) < 4.78 is 16.0. The largest absolute Gasteiger partial charge is 0.508 e. The number of carbonyl (C=O) groups excluding carboxylic acids is 2. The monoisotopic (exact) mass is 415 g/mol. The van der Waals surface area contributed by atoms with E-state index in [1.54, 1.807) is 18.5 Å². The van der Waals surface area contributed by atoms with E-state index in [1.807, 2.05) is 13.0 Å². The van der Waals surface area contributed by atoms with Crippen molar-refractivity contribution in [2.75, 3.05) is 0 Å². The molecule has 2 aliphatic rings. The molecule has 7 heteroatoms. The summed E-state index contributed by atoms with van der Waals surface area (Å²) in [5, 5.41) is 10.6. The van der Waals surface area contributed by atoms with E-state index >= 15 is 0 Å². The molecule has 2 heterocycles. The van der Waals surface area contributed by atoms with Gasteiger partial charge in [-0.25, -0.2) is 9.59 Å². The topological polar surface area (TPSA) is 95.0 Å². The fraction of sp³-hybridized carbons (Fsp3) is 0.522. The molecule has 0 radical (unpaired) electrons. The number of cyclic esters (lactones) is 1. The zero-order chi connectivity index (χ0) is 21.3. The fourth-order valence-electron chi connectivity index (χ4n) is 3.97. The van der Waals surface area contributed by atoms with Crippen LogP contribution in [0.25, 0.3) is 0 Å². The number of hydrogen-bond acceptors (Lipinski definition) is 7. The van der Waals surface area contributed by atoms with E-state index in [2.05, 4.69) is 17.1 Å². The molecule has 1 aliphatic heterocycles. The molecule has 0 aromatic carbocycles. The second kappa shape index (κ2) is 10.9. The van der Waals surface area contributed by atoms with Crippen LogP contribution in [0.3, 0.4) is 0 Å². The molecular formula is C23H29NO6. The van der Waals surface area contributed by atoms with Crippen molar-refractivity contribution in [2.45, 2.75) is 63.9 Å². The summed E-state index contributed by atoms with van der Waals surface area (Å²) >= 11 is 0. The van der Waals surface area contributed by atoms with Gasteiger partial charge in [0, 0.05) is 24.0 Å². The number of rotatable bonds is 3. The molecule has 1 aliphatic carbocycles. The van der Waals surface area contributed by atoms with E-state index < -0.39 is 18.2 Å². The van der Waals surface area contributed by atoms with E-state index in [4.69, 9.17) is 14.2 Å². The number of fused-ring (bicyclic) bond motifs is 1. The molecule has 0 unspecified atom stereocenters. The molecule has 0 saturated heterocycles. The molecule has 0 spiro atoms. The van der Waals surface area contributed by atoms with Crippen LogP contribution in [0.15, 0.2) is 48.8 Å². The van der Waals surface area contributed by atoms with Gasteiger partial charge in [0.15, 0.2) is 0 Å². The normalized spacial score (nSPS) is 31.8. The lowest BCUT2D eigenvalue weighted by atomic mass is 9.90. The van der Waals surface area contributed by atoms with Crippen molar-refractivity contribution in [3.05, 3.63) is 54.4 Å². The van der Waals surface area contributed by atoms with Gasteiger partial charge in [0.2, 0.25) is 0 Å². The maximum atomic E-state index is 12.1. The van der Waals surface area contributed by atoms with Gasteiger partial charge in [0.1, 0.15) is 12.7 Å². The minimum Gasteiger partial charge on any atom is -0.460 e. The van der Waals surface area contributed by atoms with Crippen LogP contribution >= 0.6 is 0 Å². The van der Waals surface area contributed by atoms with Crippen LogP contribution in [0.2, 0.25) is 0 Å². The van der Waals surface area contributed by atoms with Crippen LogP contribution < -0.4 is 0 Å². The summed E-state index contributed by atoms with van der Waals surface area (Å²) in [6.45, 7) is 1.97. The van der Waals surface area contributed by atoms with Gasteiger partial charge in [0.25, 0.3) is 0 Å². The first-order valence-electron chi connectivity index (χ1n) is 10.5. The number of aliphatic hydroxyl groups excluding tert-OH is 1. The highest BCUT2D eigenvalue weighted by Crippen LogP contribution is 2.38. The summed E-state index contributed by atoms with van der Waals surface area (Å²) in [5.74, 6) is -0.551. The molecule has 1 aromatic rings. The van der Waals surface area contributed by atoms with Crippen molar-refractivity contribution in [1.29, 1.82) is 0 Å². The Balaban J connectivity index is 1.58. The van der Waals surface area contributed by atoms with E-state index in [0.29, 0.717) is 12.8 Å². The molecule has 1 aromatic heterocycles. The Morgan fingerprint density at radius 2 is 2.20 bits per heavy atom. The molecule has 30 heavy (non-hydrogen) atoms. The molecule has 162 valence electrons. The van der Waals surface area contributed by atoms with Crippen molar-refractivity contribution >= 4 is 12.1 Å². The first-order chi connectivity index (χ1) is 14.5. The lowest BCUT2D eigenvalue weighted by Gasteiger charge is -2.19. The van der Waals surface area contributed by atoms with Crippen molar-refractivity contribution in [2.24, 2.45) is 11.8 Å². The maximum absolute atomic E-state index is 12.1. The Morgan fingerprint density at radius 1 is 1.33 bits per heavy atom. The third kappa shape index (κ3) is 6.69. The van der Waals surface area contributed by atoms with Gasteiger partial charge in [0.05, 0.1) is 12.2 Å². The standard InChI is InChI=1S/C23H29NO6/c1-16-6-3-2-4-8-18-12-19(13-20(18)21(25)9-10-22(26)29-16)30-23(27)28-15-17-7-5-11-24-14-17/h4-5,7-11,14,16,18-21,25H,2-3,6,12-13,15H2,1H3/b8-4+,10-9+/t16-,18+,19-,20+,21+/m0/s1. The Bertz CT molecular complexity index is 762. The zero-order valence-electron chi connectivity index (χ0n) is 17.2. The number of carbonyl (C=O) groups is 2. The summed E-state index contributed by atoms with van der Waals surface area (Å²) in [6, 6.07) is 3.59. The van der Waals surface area contributed by atoms with Gasteiger partial charge in [-0.3, -0.25) is 4.98 Å². The van der Waals surface area contributed by atoms with E-state index in [9.17, 15) is 14.7 Å². The van der Waals surface area contributed by atoms with Crippen molar-refractivity contribution in [1.82, 2.24) is 4.98 Å². The van der Waals surface area contributed by atoms with Crippen LogP contribution in [0, 0.1) is 11.8 Å². The number of hydrogen-bond donors (Lipinski definition) is 1. The molecule has 1 saturated carbocycles. The van der Waals surface area contributed by atoms with E-state index in [0.717, 1.165) is 24.8 Å². The molecule has 1 N–H and O–H groups in total. The second-order valence-electron chi connectivity index (χ2n) is 7.90. The summed E-state index contributed by atoms with van der Waals surface area (Å²) in [4.78, 5) is 28.0. The number of allylic oxidation sites excluding steroid dienone is 2. The van der Waals surface area contributed by atoms with Crippen LogP contribution in [-0.4, -0.2) is 40.5 Å². The number of ether oxygens (including phenoxy) is 3. The van der Waals surface area contributed by atoms with E-state index in [1.165, 1.54) is 12.2 Å². The average molecular weight is 415 g/mol. The van der Waals surface area contributed by atoms with Crippen molar-refractivity contribution in [3.63, 3.8) is 0 Å². The first-order valence-corrected chi connectivity index (χ1v) is 10.5. The minimum atomic E-state index is -0.830. The van der Waals surface area contributed by atoms with Gasteiger partial charge in [-0.05, 0) is 63.0 Å². The van der Waals surface area contributed by atoms with Gasteiger partial charge in [-0.1, -0.05) is 18.2 Å². The molecule has 0 bridgehead atoms. The zero-order valence-corrected chi connectivity index (χ0v) is 17.2. The molecule has 5 atom stereocenters. The van der Waals surface area contributed by atoms with Gasteiger partial charge in [-0.15, -0.1) is 0 Å². The number of esters is 1. The Morgan fingerprint density at radius 3 is 3.00 bits per heavy atom. The van der Waals surface area contributed by atoms with Gasteiger partial charge < -0.3 is 19.3 Å². The number of nitrogens with zero attached hydrogens (tertiary/aromatic N) is 1. The highest BCUT2D eigenvalue weighted by molar-refractivity contribution is 5.82. The average Bonchev–Trinajstić information content (AvgIpc) is 3.13. The van der Waals surface area contributed by atoms with Crippen LogP contribution in [0.4, 0.5) is 4.79 Å². The SMILES string of the molecule is C[C@H]1CCC/C=C/[C@@H]2C[C@H](OC(=O)OCc3cccnc3)C[C@H]2[C@H](O)/C=C/C(=O)O1. The predicted molar refractivity (Wildman–Crippen MR) is 109 cm³/mol. The minimum absolute atomic E-state index is 0.0509. The first kappa shape index (κ1) is 22.0.